The van der Waals surface area contributed by atoms with Crippen LogP contribution in [0.4, 0.5) is 5.69 Å². The van der Waals surface area contributed by atoms with Gasteiger partial charge in [-0.1, -0.05) is 54.9 Å². The first-order valence-electron chi connectivity index (χ1n) is 12.7. The predicted molar refractivity (Wildman–Crippen MR) is 154 cm³/mol. The molecule has 0 heterocycles. The van der Waals surface area contributed by atoms with E-state index in [1.807, 2.05) is 37.3 Å². The molecule has 0 radical (unpaired) electrons. The molecule has 0 aliphatic carbocycles. The summed E-state index contributed by atoms with van der Waals surface area (Å²) in [4.78, 5) is 28.1. The Labute approximate surface area is 235 Å². The summed E-state index contributed by atoms with van der Waals surface area (Å²) in [6.45, 7) is 3.78. The maximum Gasteiger partial charge on any atom is 0.264 e. The number of hydrogen-bond donors (Lipinski definition) is 1. The van der Waals surface area contributed by atoms with Gasteiger partial charge in [0.15, 0.2) is 0 Å². The number of nitrogens with zero attached hydrogens (tertiary/aromatic N) is 2. The molecule has 1 N–H and O–H groups in total. The molecule has 3 rings (SSSR count). The van der Waals surface area contributed by atoms with Crippen LogP contribution in [0, 0.1) is 0 Å². The highest BCUT2D eigenvalue weighted by molar-refractivity contribution is 7.92. The van der Waals surface area contributed by atoms with Gasteiger partial charge in [-0.05, 0) is 67.8 Å². The molecule has 1 atom stereocenters. The summed E-state index contributed by atoms with van der Waals surface area (Å²) < 4.78 is 33.8. The van der Waals surface area contributed by atoms with Crippen LogP contribution in [-0.4, -0.2) is 57.9 Å². The highest BCUT2D eigenvalue weighted by atomic mass is 35.5. The first-order valence-corrected chi connectivity index (χ1v) is 14.5. The molecule has 10 heteroatoms. The lowest BCUT2D eigenvalue weighted by Gasteiger charge is -2.32. The van der Waals surface area contributed by atoms with Gasteiger partial charge in [-0.3, -0.25) is 13.9 Å². The van der Waals surface area contributed by atoms with Crippen molar-refractivity contribution in [2.75, 3.05) is 31.0 Å². The first-order chi connectivity index (χ1) is 18.7. The summed E-state index contributed by atoms with van der Waals surface area (Å²) in [5.41, 5.74) is 1.23. The number of carbonyl (C=O) groups excluding carboxylic acids is 2. The summed E-state index contributed by atoms with van der Waals surface area (Å²) in [5, 5.41) is 3.15. The quantitative estimate of drug-likeness (QED) is 0.325. The van der Waals surface area contributed by atoms with E-state index in [1.54, 1.807) is 25.1 Å². The molecule has 0 saturated heterocycles. The van der Waals surface area contributed by atoms with E-state index in [0.717, 1.165) is 16.3 Å². The zero-order chi connectivity index (χ0) is 28.4. The smallest absolute Gasteiger partial charge is 0.264 e. The second-order valence-corrected chi connectivity index (χ2v) is 11.3. The van der Waals surface area contributed by atoms with Crippen LogP contribution in [0.5, 0.6) is 5.75 Å². The fourth-order valence-electron chi connectivity index (χ4n) is 4.00. The molecule has 0 aliphatic rings. The molecule has 3 aromatic rings. The molecule has 2 amide bonds. The number of halogens is 1. The van der Waals surface area contributed by atoms with Crippen LogP contribution in [-0.2, 0) is 26.0 Å². The zero-order valence-electron chi connectivity index (χ0n) is 22.3. The molecule has 208 valence electrons. The van der Waals surface area contributed by atoms with Crippen LogP contribution in [0.15, 0.2) is 83.8 Å². The standard InChI is InChI=1S/C29H34ClN3O5S/c1-4-18-31-29(35)22(2)32(19-17-23-9-6-5-7-10-23)28(34)21-33(25-12-8-11-24(30)20-25)39(36,37)27-15-13-26(38-3)14-16-27/h5-16,20,22H,4,17-19,21H2,1-3H3,(H,31,35)/t22-/m0/s1. The van der Waals surface area contributed by atoms with Crippen molar-refractivity contribution in [2.24, 2.45) is 0 Å². The SMILES string of the molecule is CCCNC(=O)[C@H](C)N(CCc1ccccc1)C(=O)CN(c1cccc(Cl)c1)S(=O)(=O)c1ccc(OC)cc1. The molecule has 39 heavy (non-hydrogen) atoms. The van der Waals surface area contributed by atoms with E-state index in [-0.39, 0.29) is 23.0 Å². The monoisotopic (exact) mass is 571 g/mol. The van der Waals surface area contributed by atoms with Crippen molar-refractivity contribution in [1.82, 2.24) is 10.2 Å². The van der Waals surface area contributed by atoms with E-state index in [9.17, 15) is 18.0 Å². The van der Waals surface area contributed by atoms with Gasteiger partial charge >= 0.3 is 0 Å². The molecule has 0 unspecified atom stereocenters. The van der Waals surface area contributed by atoms with Gasteiger partial charge in [0.1, 0.15) is 18.3 Å². The third-order valence-corrected chi connectivity index (χ3v) is 8.25. The number of rotatable bonds is 13. The molecule has 0 aliphatic heterocycles. The van der Waals surface area contributed by atoms with Gasteiger partial charge in [0.2, 0.25) is 11.8 Å². The Morgan fingerprint density at radius 1 is 1.00 bits per heavy atom. The van der Waals surface area contributed by atoms with Crippen LogP contribution in [0.25, 0.3) is 0 Å². The number of sulfonamides is 1. The fraction of sp³-hybridized carbons (Fsp3) is 0.310. The van der Waals surface area contributed by atoms with E-state index in [1.165, 1.54) is 42.3 Å². The zero-order valence-corrected chi connectivity index (χ0v) is 23.9. The average molecular weight is 572 g/mol. The van der Waals surface area contributed by atoms with E-state index in [0.29, 0.717) is 23.7 Å². The first kappa shape index (κ1) is 30.0. The highest BCUT2D eigenvalue weighted by Gasteiger charge is 2.32. The topological polar surface area (TPSA) is 96.0 Å². The molecule has 0 spiro atoms. The number of ether oxygens (including phenoxy) is 1. The predicted octanol–water partition coefficient (Wildman–Crippen LogP) is 4.53. The third kappa shape index (κ3) is 7.97. The lowest BCUT2D eigenvalue weighted by molar-refractivity contribution is -0.138. The summed E-state index contributed by atoms with van der Waals surface area (Å²) in [5.74, 6) is -0.314. The number of nitrogens with one attached hydrogen (secondary N) is 1. The number of anilines is 1. The van der Waals surface area contributed by atoms with Gasteiger partial charge in [-0.25, -0.2) is 8.42 Å². The lowest BCUT2D eigenvalue weighted by atomic mass is 10.1. The molecule has 0 fully saturated rings. The number of benzene rings is 3. The number of methoxy groups -OCH3 is 1. The lowest BCUT2D eigenvalue weighted by Crippen LogP contribution is -2.52. The van der Waals surface area contributed by atoms with Crippen LogP contribution in [0.1, 0.15) is 25.8 Å². The maximum absolute atomic E-state index is 13.8. The second-order valence-electron chi connectivity index (χ2n) is 8.96. The van der Waals surface area contributed by atoms with Crippen LogP contribution < -0.4 is 14.4 Å². The largest absolute Gasteiger partial charge is 0.497 e. The van der Waals surface area contributed by atoms with Gasteiger partial charge < -0.3 is 15.0 Å². The summed E-state index contributed by atoms with van der Waals surface area (Å²) in [7, 11) is -2.69. The normalized spacial score (nSPS) is 11.9. The maximum atomic E-state index is 13.8. The van der Waals surface area contributed by atoms with Crippen molar-refractivity contribution in [3.8, 4) is 5.75 Å². The van der Waals surface area contributed by atoms with Crippen molar-refractivity contribution in [2.45, 2.75) is 37.6 Å². The van der Waals surface area contributed by atoms with E-state index >= 15 is 0 Å². The molecule has 0 aromatic heterocycles. The Hall–Kier alpha value is -3.56. The molecular weight excluding hydrogens is 538 g/mol. The van der Waals surface area contributed by atoms with Crippen LogP contribution in [0.2, 0.25) is 5.02 Å². The molecular formula is C29H34ClN3O5S. The number of carbonyl (C=O) groups is 2. The van der Waals surface area contributed by atoms with Crippen molar-refractivity contribution >= 4 is 39.1 Å². The Kier molecular flexibility index (Phi) is 10.8. The van der Waals surface area contributed by atoms with Gasteiger partial charge in [0, 0.05) is 18.1 Å². The third-order valence-electron chi connectivity index (χ3n) is 6.22. The Morgan fingerprint density at radius 2 is 1.69 bits per heavy atom. The van der Waals surface area contributed by atoms with Crippen molar-refractivity contribution in [1.29, 1.82) is 0 Å². The number of amides is 2. The van der Waals surface area contributed by atoms with E-state index in [4.69, 9.17) is 16.3 Å². The van der Waals surface area contributed by atoms with Gasteiger partial charge in [0.25, 0.3) is 10.0 Å². The van der Waals surface area contributed by atoms with Crippen molar-refractivity contribution in [3.05, 3.63) is 89.4 Å². The van der Waals surface area contributed by atoms with Crippen molar-refractivity contribution in [3.63, 3.8) is 0 Å². The second kappa shape index (κ2) is 14.0. The number of hydrogen-bond acceptors (Lipinski definition) is 5. The minimum Gasteiger partial charge on any atom is -0.497 e. The summed E-state index contributed by atoms with van der Waals surface area (Å²) >= 11 is 6.20. The fourth-order valence-corrected chi connectivity index (χ4v) is 5.59. The summed E-state index contributed by atoms with van der Waals surface area (Å²) in [6.07, 6.45) is 1.25. The van der Waals surface area contributed by atoms with Crippen LogP contribution in [0.3, 0.4) is 0 Å². The minimum absolute atomic E-state index is 0.0133. The summed E-state index contributed by atoms with van der Waals surface area (Å²) in [6, 6.07) is 21.0. The van der Waals surface area contributed by atoms with Gasteiger partial charge in [0.05, 0.1) is 17.7 Å². The van der Waals surface area contributed by atoms with Gasteiger partial charge in [-0.15, -0.1) is 0 Å². The van der Waals surface area contributed by atoms with Crippen LogP contribution >= 0.6 is 11.6 Å². The molecule has 8 nitrogen and oxygen atoms in total. The van der Waals surface area contributed by atoms with Crippen molar-refractivity contribution < 1.29 is 22.7 Å². The Bertz CT molecular complexity index is 1350. The molecule has 3 aromatic carbocycles. The molecule has 0 saturated carbocycles. The van der Waals surface area contributed by atoms with Gasteiger partial charge in [-0.2, -0.15) is 0 Å². The molecule has 0 bridgehead atoms. The highest BCUT2D eigenvalue weighted by Crippen LogP contribution is 2.27. The van der Waals surface area contributed by atoms with E-state index in [2.05, 4.69) is 5.32 Å². The van der Waals surface area contributed by atoms with E-state index < -0.39 is 28.5 Å². The average Bonchev–Trinajstić information content (AvgIpc) is 2.95. The minimum atomic E-state index is -4.18. The Morgan fingerprint density at radius 3 is 2.31 bits per heavy atom. The Balaban J connectivity index is 1.97.